The first kappa shape index (κ1) is 18.5. The Bertz CT molecular complexity index is 581. The lowest BCUT2D eigenvalue weighted by atomic mass is 9.59. The van der Waals surface area contributed by atoms with Crippen LogP contribution in [-0.4, -0.2) is 51.8 Å². The molecule has 4 rings (SSSR count). The highest BCUT2D eigenvalue weighted by Gasteiger charge is 2.52. The molecule has 0 spiro atoms. The highest BCUT2D eigenvalue weighted by molar-refractivity contribution is 5.76. The van der Waals surface area contributed by atoms with Gasteiger partial charge in [-0.05, 0) is 30.6 Å². The van der Waals surface area contributed by atoms with Crippen LogP contribution in [0.25, 0.3) is 0 Å². The standard InChI is InChI=1S/C22H36N2O2/c1-15-6-5-9-22(2)13-20-17(12-19(15)22)18(21(25)26-20)14-24(4)16-7-10-23(3)11-8-16/h12,15-18,20H,5-11,13-14H2,1-4H3/p+2/t15-,17+,18-,20+,22+/m0/s1. The van der Waals surface area contributed by atoms with E-state index >= 15 is 0 Å². The van der Waals surface area contributed by atoms with Crippen molar-refractivity contribution in [1.82, 2.24) is 0 Å². The summed E-state index contributed by atoms with van der Waals surface area (Å²) < 4.78 is 5.93. The number of quaternary nitrogens is 2. The monoisotopic (exact) mass is 362 g/mol. The number of allylic oxidation sites excluding steroid dienone is 1. The van der Waals surface area contributed by atoms with Crippen LogP contribution in [0.3, 0.4) is 0 Å². The molecule has 4 nitrogen and oxygen atoms in total. The van der Waals surface area contributed by atoms with E-state index in [-0.39, 0.29) is 23.4 Å². The third-order valence-corrected chi connectivity index (χ3v) is 8.16. The Kier molecular flexibility index (Phi) is 4.94. The van der Waals surface area contributed by atoms with Crippen molar-refractivity contribution in [2.75, 3.05) is 33.7 Å². The number of carbonyl (C=O) groups excluding carboxylic acids is 1. The average Bonchev–Trinajstić information content (AvgIpc) is 2.88. The topological polar surface area (TPSA) is 35.2 Å². The molecule has 0 aromatic rings. The summed E-state index contributed by atoms with van der Waals surface area (Å²) in [7, 11) is 4.59. The summed E-state index contributed by atoms with van der Waals surface area (Å²) >= 11 is 0. The molecule has 0 radical (unpaired) electrons. The van der Waals surface area contributed by atoms with Crippen LogP contribution in [0.15, 0.2) is 11.6 Å². The van der Waals surface area contributed by atoms with Crippen LogP contribution >= 0.6 is 0 Å². The number of piperidine rings is 1. The molecule has 2 heterocycles. The van der Waals surface area contributed by atoms with Gasteiger partial charge in [0.2, 0.25) is 0 Å². The summed E-state index contributed by atoms with van der Waals surface area (Å²) in [6.45, 7) is 8.27. The quantitative estimate of drug-likeness (QED) is 0.566. The molecule has 0 aromatic carbocycles. The zero-order valence-electron chi connectivity index (χ0n) is 17.1. The van der Waals surface area contributed by atoms with Crippen LogP contribution in [0.2, 0.25) is 0 Å². The fourth-order valence-corrected chi connectivity index (χ4v) is 6.40. The first-order valence-corrected chi connectivity index (χ1v) is 10.9. The molecule has 0 aromatic heterocycles. The summed E-state index contributed by atoms with van der Waals surface area (Å²) in [6.07, 6.45) is 10.1. The molecule has 2 N–H and O–H groups in total. The molecule has 146 valence electrons. The number of rotatable bonds is 3. The first-order valence-electron chi connectivity index (χ1n) is 10.9. The molecule has 1 unspecified atom stereocenters. The van der Waals surface area contributed by atoms with Crippen LogP contribution < -0.4 is 9.80 Å². The third kappa shape index (κ3) is 3.24. The van der Waals surface area contributed by atoms with Crippen LogP contribution in [-0.2, 0) is 9.53 Å². The summed E-state index contributed by atoms with van der Waals surface area (Å²) in [6, 6.07) is 0.709. The Morgan fingerprint density at radius 1 is 1.31 bits per heavy atom. The molecule has 1 saturated carbocycles. The van der Waals surface area contributed by atoms with Crippen LogP contribution in [0.4, 0.5) is 0 Å². The van der Waals surface area contributed by atoms with E-state index in [1.165, 1.54) is 45.2 Å². The minimum absolute atomic E-state index is 0.0678. The Labute approximate surface area is 158 Å². The van der Waals surface area contributed by atoms with E-state index in [4.69, 9.17) is 4.74 Å². The molecule has 26 heavy (non-hydrogen) atoms. The second-order valence-corrected chi connectivity index (χ2v) is 10.1. The zero-order valence-corrected chi connectivity index (χ0v) is 17.1. The van der Waals surface area contributed by atoms with Gasteiger partial charge in [0.15, 0.2) is 0 Å². The smallest absolute Gasteiger partial charge is 0.315 e. The van der Waals surface area contributed by atoms with Crippen molar-refractivity contribution in [3.8, 4) is 0 Å². The van der Waals surface area contributed by atoms with Gasteiger partial charge in [0, 0.05) is 18.8 Å². The van der Waals surface area contributed by atoms with Gasteiger partial charge in [-0.25, -0.2) is 0 Å². The largest absolute Gasteiger partial charge is 0.461 e. The number of hydrogen-bond acceptors (Lipinski definition) is 2. The van der Waals surface area contributed by atoms with Crippen molar-refractivity contribution >= 4 is 5.97 Å². The van der Waals surface area contributed by atoms with E-state index in [1.807, 2.05) is 0 Å². The average molecular weight is 363 g/mol. The molecule has 4 heteroatoms. The minimum Gasteiger partial charge on any atom is -0.461 e. The van der Waals surface area contributed by atoms with E-state index in [1.54, 1.807) is 15.4 Å². The molecular formula is C22H38N2O2+2. The molecular weight excluding hydrogens is 324 g/mol. The van der Waals surface area contributed by atoms with Gasteiger partial charge in [-0.15, -0.1) is 0 Å². The number of ether oxygens (including phenoxy) is 1. The van der Waals surface area contributed by atoms with Gasteiger partial charge in [0.25, 0.3) is 0 Å². The Morgan fingerprint density at radius 2 is 2.04 bits per heavy atom. The fourth-order valence-electron chi connectivity index (χ4n) is 6.40. The highest BCUT2D eigenvalue weighted by Crippen LogP contribution is 2.53. The van der Waals surface area contributed by atoms with Crippen molar-refractivity contribution in [2.24, 2.45) is 23.2 Å². The molecule has 3 fully saturated rings. The molecule has 0 amide bonds. The third-order valence-electron chi connectivity index (χ3n) is 8.16. The number of nitrogens with one attached hydrogen (secondary N) is 2. The van der Waals surface area contributed by atoms with Crippen LogP contribution in [0, 0.1) is 23.2 Å². The molecule has 2 aliphatic carbocycles. The summed E-state index contributed by atoms with van der Waals surface area (Å²) in [5.41, 5.74) is 1.90. The van der Waals surface area contributed by atoms with E-state index < -0.39 is 0 Å². The van der Waals surface area contributed by atoms with Crippen LogP contribution in [0.5, 0.6) is 0 Å². The van der Waals surface area contributed by atoms with Crippen molar-refractivity contribution in [1.29, 1.82) is 0 Å². The van der Waals surface area contributed by atoms with Gasteiger partial charge >= 0.3 is 5.97 Å². The molecule has 6 atom stereocenters. The fraction of sp³-hybridized carbons (Fsp3) is 0.864. The van der Waals surface area contributed by atoms with Crippen LogP contribution in [0.1, 0.15) is 52.4 Å². The lowest BCUT2D eigenvalue weighted by Gasteiger charge is -2.46. The summed E-state index contributed by atoms with van der Waals surface area (Å²) in [4.78, 5) is 15.9. The SMILES string of the molecule is C[C@H]1CCC[C@]2(C)C[C@H]3OC(=O)[C@@H](C[NH+](C)C4CC[NH+](C)CC4)[C@H]3C=C12. The maximum Gasteiger partial charge on any atom is 0.315 e. The first-order chi connectivity index (χ1) is 12.4. The molecule has 2 aliphatic heterocycles. The predicted molar refractivity (Wildman–Crippen MR) is 102 cm³/mol. The predicted octanol–water partition coefficient (Wildman–Crippen LogP) is 0.492. The van der Waals surface area contributed by atoms with Gasteiger partial charge in [-0.3, -0.25) is 4.79 Å². The van der Waals surface area contributed by atoms with Gasteiger partial charge in [-0.1, -0.05) is 31.9 Å². The van der Waals surface area contributed by atoms with Crippen molar-refractivity contribution < 1.29 is 19.3 Å². The van der Waals surface area contributed by atoms with Crippen molar-refractivity contribution in [3.05, 3.63) is 11.6 Å². The van der Waals surface area contributed by atoms with E-state index in [9.17, 15) is 4.79 Å². The lowest BCUT2D eigenvalue weighted by Crippen LogP contribution is -3.18. The maximum absolute atomic E-state index is 12.7. The van der Waals surface area contributed by atoms with Crippen molar-refractivity contribution in [3.63, 3.8) is 0 Å². The van der Waals surface area contributed by atoms with Gasteiger partial charge < -0.3 is 14.5 Å². The molecule has 0 bridgehead atoms. The Hall–Kier alpha value is -0.870. The molecule has 4 aliphatic rings. The van der Waals surface area contributed by atoms with Crippen molar-refractivity contribution in [2.45, 2.75) is 64.5 Å². The highest BCUT2D eigenvalue weighted by atomic mass is 16.6. The number of likely N-dealkylation sites (tertiary alicyclic amines) is 1. The Balaban J connectivity index is 1.49. The minimum atomic E-state index is 0.0678. The summed E-state index contributed by atoms with van der Waals surface area (Å²) in [5.74, 6) is 1.13. The lowest BCUT2D eigenvalue weighted by molar-refractivity contribution is -0.941. The van der Waals surface area contributed by atoms with Gasteiger partial charge in [0.1, 0.15) is 12.0 Å². The molecule has 2 saturated heterocycles. The van der Waals surface area contributed by atoms with E-state index in [0.29, 0.717) is 17.9 Å². The number of hydrogen-bond donors (Lipinski definition) is 2. The van der Waals surface area contributed by atoms with Gasteiger partial charge in [0.05, 0.1) is 39.8 Å². The maximum atomic E-state index is 12.7. The second-order valence-electron chi connectivity index (χ2n) is 10.1. The summed E-state index contributed by atoms with van der Waals surface area (Å²) in [5, 5.41) is 0. The zero-order chi connectivity index (χ0) is 18.5. The van der Waals surface area contributed by atoms with E-state index in [2.05, 4.69) is 34.0 Å². The Morgan fingerprint density at radius 3 is 2.77 bits per heavy atom. The number of esters is 1. The second kappa shape index (κ2) is 6.94. The van der Waals surface area contributed by atoms with E-state index in [0.717, 1.165) is 13.0 Å². The normalized spacial score (nSPS) is 46.8. The van der Waals surface area contributed by atoms with Gasteiger partial charge in [-0.2, -0.15) is 0 Å². The number of carbonyl (C=O) groups is 1. The number of fused-ring (bicyclic) bond motifs is 2.